The van der Waals surface area contributed by atoms with Crippen molar-refractivity contribution < 1.29 is 27.1 Å². The Morgan fingerprint density at radius 2 is 2.12 bits per heavy atom. The fraction of sp³-hybridized carbons (Fsp3) is 0.250. The average molecular weight is 302 g/mol. The molecule has 1 aromatic heterocycles. The highest BCUT2D eigenvalue weighted by Gasteiger charge is 2.33. The molecule has 0 spiro atoms. The van der Waals surface area contributed by atoms with E-state index in [1.807, 2.05) is 0 Å². The fourth-order valence-corrected chi connectivity index (χ4v) is 1.49. The first-order valence-corrected chi connectivity index (χ1v) is 4.63. The molecule has 0 saturated carbocycles. The number of halogens is 5. The second-order valence-electron chi connectivity index (χ2n) is 2.60. The number of pyridine rings is 1. The van der Waals surface area contributed by atoms with Gasteiger partial charge in [-0.2, -0.15) is 0 Å². The van der Waals surface area contributed by atoms with E-state index in [0.29, 0.717) is 6.29 Å². The van der Waals surface area contributed by atoms with Gasteiger partial charge in [-0.1, -0.05) is 0 Å². The zero-order chi connectivity index (χ0) is 12.3. The first kappa shape index (κ1) is 12.9. The fourth-order valence-electron chi connectivity index (χ4n) is 0.946. The molecule has 0 bridgehead atoms. The Morgan fingerprint density at radius 1 is 1.50 bits per heavy atom. The molecule has 1 rings (SSSR count). The van der Waals surface area contributed by atoms with Gasteiger partial charge in [-0.25, -0.2) is 9.37 Å². The summed E-state index contributed by atoms with van der Waals surface area (Å²) in [5.74, 6) is -0.777. The molecule has 0 atom stereocenters. The van der Waals surface area contributed by atoms with Gasteiger partial charge in [0.05, 0.1) is 4.47 Å². The minimum absolute atomic E-state index is 0.186. The van der Waals surface area contributed by atoms with Crippen molar-refractivity contribution in [2.45, 2.75) is 13.0 Å². The summed E-state index contributed by atoms with van der Waals surface area (Å²) in [6.07, 6.45) is -4.65. The van der Waals surface area contributed by atoms with Crippen molar-refractivity contribution >= 4 is 22.2 Å². The third kappa shape index (κ3) is 3.16. The Morgan fingerprint density at radius 3 is 2.56 bits per heavy atom. The zero-order valence-electron chi connectivity index (χ0n) is 7.52. The summed E-state index contributed by atoms with van der Waals surface area (Å²) < 4.78 is 51.7. The number of hydrogen-bond acceptors (Lipinski definition) is 3. The third-order valence-corrected chi connectivity index (χ3v) is 2.07. The lowest BCUT2D eigenvalue weighted by Gasteiger charge is -2.13. The molecule has 0 aliphatic carbocycles. The van der Waals surface area contributed by atoms with E-state index in [-0.39, 0.29) is 10.2 Å². The minimum atomic E-state index is -4.95. The van der Waals surface area contributed by atoms with E-state index in [1.165, 1.54) is 0 Å². The molecular formula is C8H4BrF4NO2. The van der Waals surface area contributed by atoms with Gasteiger partial charge in [-0.05, 0) is 22.0 Å². The number of carbonyl (C=O) groups excluding carboxylic acids is 1. The van der Waals surface area contributed by atoms with Gasteiger partial charge in [-0.15, -0.1) is 13.2 Å². The Bertz CT molecular complexity index is 408. The first-order chi connectivity index (χ1) is 7.37. The van der Waals surface area contributed by atoms with Crippen LogP contribution in [0.25, 0.3) is 0 Å². The quantitative estimate of drug-likeness (QED) is 0.636. The molecule has 16 heavy (non-hydrogen) atoms. The van der Waals surface area contributed by atoms with Gasteiger partial charge in [0, 0.05) is 0 Å². The van der Waals surface area contributed by atoms with Crippen molar-refractivity contribution in [3.63, 3.8) is 0 Å². The van der Waals surface area contributed by atoms with Crippen LogP contribution in [0.3, 0.4) is 0 Å². The molecule has 0 aliphatic heterocycles. The number of hydrogen-bond donors (Lipinski definition) is 0. The number of aromatic nitrogens is 1. The van der Waals surface area contributed by atoms with Gasteiger partial charge < -0.3 is 4.74 Å². The van der Waals surface area contributed by atoms with Crippen molar-refractivity contribution in [3.05, 3.63) is 21.9 Å². The maximum Gasteiger partial charge on any atom is 0.573 e. The molecule has 0 aliphatic rings. The number of ether oxygens (including phenoxy) is 1. The van der Waals surface area contributed by atoms with Gasteiger partial charge in [-0.3, -0.25) is 4.79 Å². The molecule has 0 radical (unpaired) electrons. The molecule has 0 saturated heterocycles. The molecule has 0 unspecified atom stereocenters. The number of aldehydes is 1. The number of rotatable bonds is 3. The summed E-state index contributed by atoms with van der Waals surface area (Å²) in [5.41, 5.74) is -0.775. The van der Waals surface area contributed by atoms with Crippen molar-refractivity contribution in [1.82, 2.24) is 4.98 Å². The summed E-state index contributed by atoms with van der Waals surface area (Å²) in [5, 5.41) is 0. The SMILES string of the molecule is O=Cc1cc(Br)c(OC(F)(F)F)c(CF)n1. The highest BCUT2D eigenvalue weighted by molar-refractivity contribution is 9.10. The van der Waals surface area contributed by atoms with E-state index in [9.17, 15) is 22.4 Å². The Balaban J connectivity index is 3.21. The van der Waals surface area contributed by atoms with Crippen LogP contribution < -0.4 is 4.74 Å². The second kappa shape index (κ2) is 4.77. The molecule has 1 aromatic rings. The number of alkyl halides is 4. The predicted octanol–water partition coefficient (Wildman–Crippen LogP) is 3.02. The predicted molar refractivity (Wildman–Crippen MR) is 48.8 cm³/mol. The van der Waals surface area contributed by atoms with Crippen LogP contribution in [0.2, 0.25) is 0 Å². The average Bonchev–Trinajstić information content (AvgIpc) is 2.19. The van der Waals surface area contributed by atoms with Crippen LogP contribution in [0.4, 0.5) is 17.6 Å². The molecular weight excluding hydrogens is 298 g/mol. The topological polar surface area (TPSA) is 39.2 Å². The zero-order valence-corrected chi connectivity index (χ0v) is 9.10. The molecule has 0 N–H and O–H groups in total. The lowest BCUT2D eigenvalue weighted by Crippen LogP contribution is -2.19. The van der Waals surface area contributed by atoms with E-state index in [2.05, 4.69) is 25.7 Å². The van der Waals surface area contributed by atoms with Crippen molar-refractivity contribution in [2.75, 3.05) is 0 Å². The Labute approximate surface area is 95.6 Å². The Kier molecular flexibility index (Phi) is 3.84. The third-order valence-electron chi connectivity index (χ3n) is 1.48. The van der Waals surface area contributed by atoms with E-state index in [1.54, 1.807) is 0 Å². The van der Waals surface area contributed by atoms with Gasteiger partial charge in [0.1, 0.15) is 18.1 Å². The van der Waals surface area contributed by atoms with Gasteiger partial charge >= 0.3 is 6.36 Å². The van der Waals surface area contributed by atoms with Gasteiger partial charge in [0.2, 0.25) is 0 Å². The molecule has 8 heteroatoms. The molecule has 0 aromatic carbocycles. The molecule has 0 fully saturated rings. The van der Waals surface area contributed by atoms with Crippen molar-refractivity contribution in [2.24, 2.45) is 0 Å². The van der Waals surface area contributed by atoms with Crippen LogP contribution in [0, 0.1) is 0 Å². The summed E-state index contributed by atoms with van der Waals surface area (Å²) in [6.45, 7) is -1.27. The summed E-state index contributed by atoms with van der Waals surface area (Å²) in [7, 11) is 0. The summed E-state index contributed by atoms with van der Waals surface area (Å²) in [6, 6.07) is 1.01. The number of carbonyl (C=O) groups is 1. The Hall–Kier alpha value is -1.18. The normalized spacial score (nSPS) is 11.3. The van der Waals surface area contributed by atoms with Crippen LogP contribution in [0.15, 0.2) is 10.5 Å². The monoisotopic (exact) mass is 301 g/mol. The van der Waals surface area contributed by atoms with Crippen LogP contribution in [0.1, 0.15) is 16.2 Å². The lowest BCUT2D eigenvalue weighted by atomic mass is 10.3. The highest BCUT2D eigenvalue weighted by atomic mass is 79.9. The maximum atomic E-state index is 12.4. The molecule has 88 valence electrons. The van der Waals surface area contributed by atoms with E-state index in [0.717, 1.165) is 6.07 Å². The lowest BCUT2D eigenvalue weighted by molar-refractivity contribution is -0.275. The van der Waals surface area contributed by atoms with Crippen molar-refractivity contribution in [3.8, 4) is 5.75 Å². The van der Waals surface area contributed by atoms with Crippen LogP contribution >= 0.6 is 15.9 Å². The maximum absolute atomic E-state index is 12.4. The van der Waals surface area contributed by atoms with Crippen molar-refractivity contribution in [1.29, 1.82) is 0 Å². The van der Waals surface area contributed by atoms with E-state index < -0.39 is 24.5 Å². The smallest absolute Gasteiger partial charge is 0.403 e. The van der Waals surface area contributed by atoms with Gasteiger partial charge in [0.15, 0.2) is 12.0 Å². The highest BCUT2D eigenvalue weighted by Crippen LogP contribution is 2.33. The number of nitrogens with zero attached hydrogens (tertiary/aromatic N) is 1. The first-order valence-electron chi connectivity index (χ1n) is 3.83. The molecule has 0 amide bonds. The largest absolute Gasteiger partial charge is 0.573 e. The van der Waals surface area contributed by atoms with Crippen LogP contribution in [-0.2, 0) is 6.67 Å². The van der Waals surface area contributed by atoms with E-state index >= 15 is 0 Å². The second-order valence-corrected chi connectivity index (χ2v) is 3.46. The van der Waals surface area contributed by atoms with E-state index in [4.69, 9.17) is 0 Å². The molecule has 3 nitrogen and oxygen atoms in total. The standard InChI is InChI=1S/C8H4BrF4NO2/c9-5-1-4(3-15)14-6(2-10)7(5)16-8(11,12)13/h1,3H,2H2. The minimum Gasteiger partial charge on any atom is -0.403 e. The van der Waals surface area contributed by atoms with Crippen LogP contribution in [0.5, 0.6) is 5.75 Å². The summed E-state index contributed by atoms with van der Waals surface area (Å²) >= 11 is 2.74. The van der Waals surface area contributed by atoms with Gasteiger partial charge in [0.25, 0.3) is 0 Å². The van der Waals surface area contributed by atoms with Crippen LogP contribution in [-0.4, -0.2) is 17.6 Å². The molecule has 1 heterocycles. The summed E-state index contributed by atoms with van der Waals surface area (Å²) in [4.78, 5) is 13.7.